The van der Waals surface area contributed by atoms with Gasteiger partial charge in [0.05, 0.1) is 0 Å². The minimum atomic E-state index is 0.217. The third-order valence-electron chi connectivity index (χ3n) is 3.33. The number of rotatable bonds is 1. The molecule has 2 N–H and O–H groups in total. The van der Waals surface area contributed by atoms with Crippen molar-refractivity contribution in [1.82, 2.24) is 0 Å². The van der Waals surface area contributed by atoms with Crippen molar-refractivity contribution in [3.8, 4) is 0 Å². The molecule has 1 fully saturated rings. The van der Waals surface area contributed by atoms with E-state index in [0.29, 0.717) is 6.42 Å². The molecule has 0 aromatic heterocycles. The van der Waals surface area contributed by atoms with Crippen LogP contribution in [0.2, 0.25) is 0 Å². The fraction of sp³-hybridized carbons (Fsp3) is 0.462. The second-order valence-corrected chi connectivity index (χ2v) is 4.48. The number of anilines is 2. The average Bonchev–Trinajstić information content (AvgIpc) is 2.26. The van der Waals surface area contributed by atoms with Crippen LogP contribution in [0.1, 0.15) is 30.4 Å². The SMILES string of the molecule is Cc1cc(N2CCCCC2=O)cc(N)c1C. The largest absolute Gasteiger partial charge is 0.398 e. The van der Waals surface area contributed by atoms with Crippen LogP contribution in [0, 0.1) is 13.8 Å². The van der Waals surface area contributed by atoms with Crippen molar-refractivity contribution in [3.63, 3.8) is 0 Å². The molecule has 0 aliphatic carbocycles. The Balaban J connectivity index is 2.36. The fourth-order valence-corrected chi connectivity index (χ4v) is 2.10. The first kappa shape index (κ1) is 11.0. The molecule has 3 nitrogen and oxygen atoms in total. The molecule has 1 heterocycles. The van der Waals surface area contributed by atoms with E-state index in [0.717, 1.165) is 41.9 Å². The average molecular weight is 218 g/mol. The van der Waals surface area contributed by atoms with Crippen LogP contribution in [0.15, 0.2) is 12.1 Å². The summed E-state index contributed by atoms with van der Waals surface area (Å²) < 4.78 is 0. The molecule has 0 saturated carbocycles. The van der Waals surface area contributed by atoms with Crippen LogP contribution >= 0.6 is 0 Å². The second-order valence-electron chi connectivity index (χ2n) is 4.48. The van der Waals surface area contributed by atoms with E-state index < -0.39 is 0 Å². The second kappa shape index (κ2) is 4.16. The van der Waals surface area contributed by atoms with Gasteiger partial charge in [0, 0.05) is 24.3 Å². The Bertz CT molecular complexity index is 403. The Morgan fingerprint density at radius 3 is 2.62 bits per heavy atom. The number of amides is 1. The zero-order valence-corrected chi connectivity index (χ0v) is 9.92. The molecule has 1 amide bonds. The molecular weight excluding hydrogens is 200 g/mol. The maximum absolute atomic E-state index is 11.8. The number of hydrogen-bond acceptors (Lipinski definition) is 2. The molecule has 0 bridgehead atoms. The van der Waals surface area contributed by atoms with Gasteiger partial charge in [-0.05, 0) is 49.9 Å². The highest BCUT2D eigenvalue weighted by atomic mass is 16.2. The molecule has 1 saturated heterocycles. The van der Waals surface area contributed by atoms with E-state index in [1.165, 1.54) is 0 Å². The first-order valence-electron chi connectivity index (χ1n) is 5.76. The van der Waals surface area contributed by atoms with Gasteiger partial charge in [0.1, 0.15) is 0 Å². The van der Waals surface area contributed by atoms with Crippen LogP contribution in [-0.4, -0.2) is 12.5 Å². The lowest BCUT2D eigenvalue weighted by molar-refractivity contribution is -0.119. The van der Waals surface area contributed by atoms with Gasteiger partial charge in [0.15, 0.2) is 0 Å². The Labute approximate surface area is 96.2 Å². The molecule has 86 valence electrons. The summed E-state index contributed by atoms with van der Waals surface area (Å²) in [7, 11) is 0. The quantitative estimate of drug-likeness (QED) is 0.736. The Kier molecular flexibility index (Phi) is 2.86. The first-order valence-corrected chi connectivity index (χ1v) is 5.76. The lowest BCUT2D eigenvalue weighted by atomic mass is 10.0. The highest BCUT2D eigenvalue weighted by Gasteiger charge is 2.20. The minimum absolute atomic E-state index is 0.217. The fourth-order valence-electron chi connectivity index (χ4n) is 2.10. The molecule has 3 heteroatoms. The maximum Gasteiger partial charge on any atom is 0.226 e. The summed E-state index contributed by atoms with van der Waals surface area (Å²) in [6, 6.07) is 3.96. The molecule has 1 aliphatic heterocycles. The molecule has 0 spiro atoms. The molecule has 0 atom stereocenters. The maximum atomic E-state index is 11.8. The summed E-state index contributed by atoms with van der Waals surface area (Å²) in [5, 5.41) is 0. The van der Waals surface area contributed by atoms with Crippen LogP contribution in [-0.2, 0) is 4.79 Å². The van der Waals surface area contributed by atoms with Crippen molar-refractivity contribution in [3.05, 3.63) is 23.3 Å². The number of carbonyl (C=O) groups excluding carboxylic acids is 1. The molecule has 1 aromatic carbocycles. The molecule has 0 radical (unpaired) electrons. The topological polar surface area (TPSA) is 46.3 Å². The third-order valence-corrected chi connectivity index (χ3v) is 3.33. The number of nitrogen functional groups attached to an aromatic ring is 1. The van der Waals surface area contributed by atoms with Crippen molar-refractivity contribution in [1.29, 1.82) is 0 Å². The summed E-state index contributed by atoms with van der Waals surface area (Å²) in [5.74, 6) is 0.217. The highest BCUT2D eigenvalue weighted by Crippen LogP contribution is 2.27. The molecule has 16 heavy (non-hydrogen) atoms. The number of piperidine rings is 1. The van der Waals surface area contributed by atoms with Crippen LogP contribution in [0.4, 0.5) is 11.4 Å². The standard InChI is InChI=1S/C13H18N2O/c1-9-7-11(8-12(14)10(9)2)15-6-4-3-5-13(15)16/h7-8H,3-6,14H2,1-2H3. The zero-order valence-electron chi connectivity index (χ0n) is 9.92. The van der Waals surface area contributed by atoms with E-state index in [-0.39, 0.29) is 5.91 Å². The minimum Gasteiger partial charge on any atom is -0.398 e. The predicted octanol–water partition coefficient (Wildman–Crippen LogP) is 2.40. The van der Waals surface area contributed by atoms with Gasteiger partial charge in [-0.2, -0.15) is 0 Å². The van der Waals surface area contributed by atoms with Crippen molar-refractivity contribution in [2.24, 2.45) is 0 Å². The van der Waals surface area contributed by atoms with Gasteiger partial charge in [-0.25, -0.2) is 0 Å². The van der Waals surface area contributed by atoms with Gasteiger partial charge in [-0.3, -0.25) is 4.79 Å². The smallest absolute Gasteiger partial charge is 0.226 e. The van der Waals surface area contributed by atoms with Crippen LogP contribution in [0.5, 0.6) is 0 Å². The molecular formula is C13H18N2O. The zero-order chi connectivity index (χ0) is 11.7. The molecule has 0 unspecified atom stereocenters. The first-order chi connectivity index (χ1) is 7.59. The summed E-state index contributed by atoms with van der Waals surface area (Å²) in [6.45, 7) is 4.86. The molecule has 2 rings (SSSR count). The normalized spacial score (nSPS) is 16.6. The van der Waals surface area contributed by atoms with Gasteiger partial charge in [-0.15, -0.1) is 0 Å². The van der Waals surface area contributed by atoms with Gasteiger partial charge in [-0.1, -0.05) is 0 Å². The third kappa shape index (κ3) is 1.90. The summed E-state index contributed by atoms with van der Waals surface area (Å²) in [6.07, 6.45) is 2.75. The Morgan fingerprint density at radius 2 is 2.00 bits per heavy atom. The highest BCUT2D eigenvalue weighted by molar-refractivity contribution is 5.94. The van der Waals surface area contributed by atoms with Gasteiger partial charge in [0.25, 0.3) is 0 Å². The number of hydrogen-bond donors (Lipinski definition) is 1. The summed E-state index contributed by atoms with van der Waals surface area (Å²) in [4.78, 5) is 13.6. The van der Waals surface area contributed by atoms with Gasteiger partial charge >= 0.3 is 0 Å². The summed E-state index contributed by atoms with van der Waals surface area (Å²) in [5.41, 5.74) is 9.91. The van der Waals surface area contributed by atoms with E-state index in [1.807, 2.05) is 24.8 Å². The number of carbonyl (C=O) groups is 1. The monoisotopic (exact) mass is 218 g/mol. The van der Waals surface area contributed by atoms with E-state index in [4.69, 9.17) is 5.73 Å². The van der Waals surface area contributed by atoms with Crippen molar-refractivity contribution < 1.29 is 4.79 Å². The lowest BCUT2D eigenvalue weighted by Crippen LogP contribution is -2.35. The number of nitrogens with two attached hydrogens (primary N) is 1. The van der Waals surface area contributed by atoms with Gasteiger partial charge in [0.2, 0.25) is 5.91 Å². The van der Waals surface area contributed by atoms with E-state index in [1.54, 1.807) is 0 Å². The number of benzene rings is 1. The predicted molar refractivity (Wildman–Crippen MR) is 66.5 cm³/mol. The van der Waals surface area contributed by atoms with Gasteiger partial charge < -0.3 is 10.6 Å². The van der Waals surface area contributed by atoms with E-state index in [9.17, 15) is 4.79 Å². The van der Waals surface area contributed by atoms with Crippen molar-refractivity contribution in [2.75, 3.05) is 17.2 Å². The Hall–Kier alpha value is -1.51. The summed E-state index contributed by atoms with van der Waals surface area (Å²) >= 11 is 0. The van der Waals surface area contributed by atoms with Crippen LogP contribution < -0.4 is 10.6 Å². The molecule has 1 aromatic rings. The number of nitrogens with zero attached hydrogens (tertiary/aromatic N) is 1. The lowest BCUT2D eigenvalue weighted by Gasteiger charge is -2.27. The Morgan fingerprint density at radius 1 is 1.25 bits per heavy atom. The van der Waals surface area contributed by atoms with Crippen molar-refractivity contribution >= 4 is 17.3 Å². The van der Waals surface area contributed by atoms with Crippen molar-refractivity contribution in [2.45, 2.75) is 33.1 Å². The number of aryl methyl sites for hydroxylation is 1. The van der Waals surface area contributed by atoms with E-state index in [2.05, 4.69) is 6.07 Å². The molecule has 1 aliphatic rings. The van der Waals surface area contributed by atoms with E-state index >= 15 is 0 Å². The van der Waals surface area contributed by atoms with Crippen LogP contribution in [0.3, 0.4) is 0 Å². The van der Waals surface area contributed by atoms with Crippen LogP contribution in [0.25, 0.3) is 0 Å².